The number of hydrogen-bond acceptors (Lipinski definition) is 6. The molecule has 0 saturated carbocycles. The molecule has 1 aliphatic rings. The molecule has 0 amide bonds. The van der Waals surface area contributed by atoms with E-state index in [1.807, 2.05) is 10.3 Å². The lowest BCUT2D eigenvalue weighted by Gasteiger charge is -2.03. The Balaban J connectivity index is 2.47. The topological polar surface area (TPSA) is 126 Å². The van der Waals surface area contributed by atoms with Gasteiger partial charge >= 0.3 is 11.3 Å². The van der Waals surface area contributed by atoms with Crippen LogP contribution in [0.2, 0.25) is 0 Å². The van der Waals surface area contributed by atoms with Crippen molar-refractivity contribution in [2.24, 2.45) is 0 Å². The maximum Gasteiger partial charge on any atom is 0.369 e. The summed E-state index contributed by atoms with van der Waals surface area (Å²) in [4.78, 5) is 45.7. The van der Waals surface area contributed by atoms with E-state index in [-0.39, 0.29) is 11.4 Å². The largest absolute Gasteiger partial charge is 0.369 e. The fraction of sp³-hybridized carbons (Fsp3) is 0. The smallest absolute Gasteiger partial charge is 0.338 e. The van der Waals surface area contributed by atoms with Gasteiger partial charge < -0.3 is 9.05 Å². The lowest BCUT2D eigenvalue weighted by atomic mass is 9.94. The third kappa shape index (κ3) is 0.787. The fourth-order valence-electron chi connectivity index (χ4n) is 1.59. The monoisotopic (exact) mass is 222 g/mol. The van der Waals surface area contributed by atoms with Gasteiger partial charge in [-0.1, -0.05) is 0 Å². The molecule has 2 aromatic heterocycles. The predicted molar refractivity (Wildman–Crippen MR) is 45.5 cm³/mol. The molecule has 0 atom stereocenters. The highest BCUT2D eigenvalue weighted by atomic mass is 16.5. The van der Waals surface area contributed by atoms with Crippen LogP contribution in [-0.2, 0) is 0 Å². The molecule has 0 spiro atoms. The minimum absolute atomic E-state index is 0.325. The van der Waals surface area contributed by atoms with E-state index in [2.05, 4.69) is 9.05 Å². The highest BCUT2D eigenvalue weighted by Gasteiger charge is 2.39. The molecule has 2 aromatic rings. The number of nitrogens with one attached hydrogen (secondary N) is 2. The van der Waals surface area contributed by atoms with E-state index in [9.17, 15) is 19.2 Å². The lowest BCUT2D eigenvalue weighted by molar-refractivity contribution is 0.0972. The van der Waals surface area contributed by atoms with Crippen LogP contribution in [0.5, 0.6) is 0 Å². The average Bonchev–Trinajstić information content (AvgIpc) is 2.80. The zero-order valence-electron chi connectivity index (χ0n) is 7.45. The minimum Gasteiger partial charge on any atom is -0.338 e. The van der Waals surface area contributed by atoms with E-state index in [1.165, 1.54) is 0 Å². The van der Waals surface area contributed by atoms with Gasteiger partial charge in [0.1, 0.15) is 22.5 Å². The molecule has 0 aromatic carbocycles. The summed E-state index contributed by atoms with van der Waals surface area (Å²) >= 11 is 0. The number of ketones is 2. The SMILES string of the molecule is O=C1c2[nH]oc(=O)c2C(=O)c2[nH]oc(=O)c21. The standard InChI is InChI=1S/C8H2N2O6/c11-5-1-3(9-15-7(1)13)6(12)2-4(5)10-16-8(2)14/h9-10H. The maximum atomic E-state index is 11.7. The van der Waals surface area contributed by atoms with Crippen LogP contribution in [-0.4, -0.2) is 21.9 Å². The molecule has 0 saturated heterocycles. The number of H-pyrrole nitrogens is 2. The van der Waals surface area contributed by atoms with E-state index >= 15 is 0 Å². The van der Waals surface area contributed by atoms with Crippen LogP contribution in [0.1, 0.15) is 32.1 Å². The molecule has 8 nitrogen and oxygen atoms in total. The van der Waals surface area contributed by atoms with Crippen molar-refractivity contribution in [1.29, 1.82) is 0 Å². The average molecular weight is 222 g/mol. The molecule has 3 rings (SSSR count). The highest BCUT2D eigenvalue weighted by Crippen LogP contribution is 2.20. The molecule has 0 fully saturated rings. The Bertz CT molecular complexity index is 675. The van der Waals surface area contributed by atoms with Crippen molar-refractivity contribution in [3.05, 3.63) is 43.4 Å². The van der Waals surface area contributed by atoms with Crippen molar-refractivity contribution in [2.75, 3.05) is 0 Å². The molecule has 0 radical (unpaired) electrons. The van der Waals surface area contributed by atoms with Gasteiger partial charge in [0.05, 0.1) is 0 Å². The first kappa shape index (κ1) is 8.65. The first-order valence-electron chi connectivity index (χ1n) is 4.13. The molecule has 16 heavy (non-hydrogen) atoms. The van der Waals surface area contributed by atoms with Gasteiger partial charge in [0.15, 0.2) is 0 Å². The van der Waals surface area contributed by atoms with Gasteiger partial charge in [0, 0.05) is 0 Å². The molecular weight excluding hydrogens is 220 g/mol. The molecule has 0 unspecified atom stereocenters. The van der Waals surface area contributed by atoms with Crippen molar-refractivity contribution in [3.8, 4) is 0 Å². The number of aromatic amines is 2. The van der Waals surface area contributed by atoms with Crippen molar-refractivity contribution in [3.63, 3.8) is 0 Å². The number of carbonyl (C=O) groups excluding carboxylic acids is 2. The number of aromatic nitrogens is 2. The van der Waals surface area contributed by atoms with Gasteiger partial charge in [0.25, 0.3) is 0 Å². The van der Waals surface area contributed by atoms with Crippen LogP contribution in [0.15, 0.2) is 18.6 Å². The molecule has 2 heterocycles. The summed E-state index contributed by atoms with van der Waals surface area (Å²) in [6.07, 6.45) is 0. The Labute approximate surface area is 84.8 Å². The maximum absolute atomic E-state index is 11.7. The van der Waals surface area contributed by atoms with E-state index in [4.69, 9.17) is 0 Å². The Morgan fingerprint density at radius 2 is 1.06 bits per heavy atom. The summed E-state index contributed by atoms with van der Waals surface area (Å²) in [7, 11) is 0. The third-order valence-corrected chi connectivity index (χ3v) is 2.31. The highest BCUT2D eigenvalue weighted by molar-refractivity contribution is 6.26. The fourth-order valence-corrected chi connectivity index (χ4v) is 1.59. The Hall–Kier alpha value is -2.64. The Morgan fingerprint density at radius 1 is 0.688 bits per heavy atom. The second-order valence-corrected chi connectivity index (χ2v) is 3.14. The van der Waals surface area contributed by atoms with E-state index < -0.39 is 33.9 Å². The normalized spacial score (nSPS) is 13.8. The van der Waals surface area contributed by atoms with Crippen LogP contribution < -0.4 is 11.3 Å². The Morgan fingerprint density at radius 3 is 1.44 bits per heavy atom. The van der Waals surface area contributed by atoms with Gasteiger partial charge in [-0.05, 0) is 0 Å². The third-order valence-electron chi connectivity index (χ3n) is 2.31. The first-order chi connectivity index (χ1) is 7.61. The summed E-state index contributed by atoms with van der Waals surface area (Å²) in [6.45, 7) is 0. The van der Waals surface area contributed by atoms with Crippen molar-refractivity contribution < 1.29 is 18.6 Å². The van der Waals surface area contributed by atoms with Crippen molar-refractivity contribution in [1.82, 2.24) is 10.3 Å². The zero-order valence-corrected chi connectivity index (χ0v) is 7.45. The summed E-state index contributed by atoms with van der Waals surface area (Å²) in [5.74, 6) is -1.60. The van der Waals surface area contributed by atoms with Crippen LogP contribution in [0, 0.1) is 0 Å². The van der Waals surface area contributed by atoms with Gasteiger partial charge in [-0.15, -0.1) is 0 Å². The van der Waals surface area contributed by atoms with Gasteiger partial charge in [-0.25, -0.2) is 19.9 Å². The second-order valence-electron chi connectivity index (χ2n) is 3.14. The molecule has 2 N–H and O–H groups in total. The quantitative estimate of drug-likeness (QED) is 0.503. The molecule has 80 valence electrons. The number of rotatable bonds is 0. The number of carbonyl (C=O) groups is 2. The van der Waals surface area contributed by atoms with Crippen LogP contribution in [0.4, 0.5) is 0 Å². The second kappa shape index (κ2) is 2.48. The predicted octanol–water partition coefficient (Wildman–Crippen LogP) is -0.975. The molecule has 0 aliphatic heterocycles. The summed E-state index contributed by atoms with van der Waals surface area (Å²) in [5.41, 5.74) is -3.41. The van der Waals surface area contributed by atoms with Gasteiger partial charge in [-0.2, -0.15) is 0 Å². The first-order valence-corrected chi connectivity index (χ1v) is 4.13. The van der Waals surface area contributed by atoms with Crippen LogP contribution in [0.3, 0.4) is 0 Å². The molecule has 8 heteroatoms. The molecule has 0 bridgehead atoms. The van der Waals surface area contributed by atoms with Crippen molar-refractivity contribution in [2.45, 2.75) is 0 Å². The van der Waals surface area contributed by atoms with Crippen LogP contribution >= 0.6 is 0 Å². The van der Waals surface area contributed by atoms with E-state index in [1.54, 1.807) is 0 Å². The van der Waals surface area contributed by atoms with Gasteiger partial charge in [0.2, 0.25) is 11.6 Å². The number of hydrogen-bond donors (Lipinski definition) is 2. The van der Waals surface area contributed by atoms with Gasteiger partial charge in [-0.3, -0.25) is 9.59 Å². The summed E-state index contributed by atoms with van der Waals surface area (Å²) in [6, 6.07) is 0. The Kier molecular flexibility index (Phi) is 1.34. The van der Waals surface area contributed by atoms with Crippen LogP contribution in [0.25, 0.3) is 0 Å². The number of fused-ring (bicyclic) bond motifs is 2. The summed E-state index contributed by atoms with van der Waals surface area (Å²) in [5, 5.41) is 4.02. The lowest BCUT2D eigenvalue weighted by Crippen LogP contribution is -2.26. The summed E-state index contributed by atoms with van der Waals surface area (Å²) < 4.78 is 8.66. The van der Waals surface area contributed by atoms with E-state index in [0.29, 0.717) is 0 Å². The zero-order chi connectivity index (χ0) is 11.4. The van der Waals surface area contributed by atoms with Crippen molar-refractivity contribution >= 4 is 11.6 Å². The minimum atomic E-state index is -0.957. The molecule has 1 aliphatic carbocycles. The molecular formula is C8H2N2O6. The van der Waals surface area contributed by atoms with E-state index in [0.717, 1.165) is 0 Å².